The molecule has 3 nitrogen and oxygen atoms in total. The molecule has 0 spiro atoms. The Bertz CT molecular complexity index is 150. The molecule has 0 aromatic carbocycles. The van der Waals surface area contributed by atoms with E-state index in [-0.39, 0.29) is 6.04 Å². The largest absolute Gasteiger partial charge is 0.364 e. The summed E-state index contributed by atoms with van der Waals surface area (Å²) in [5.74, 6) is 0.667. The minimum absolute atomic E-state index is 0.155. The van der Waals surface area contributed by atoms with E-state index in [0.29, 0.717) is 5.75 Å². The third-order valence-electron chi connectivity index (χ3n) is 0.993. The molecule has 5 heteroatoms. The number of hydrogen-bond donors (Lipinski definition) is 0. The fourth-order valence-corrected chi connectivity index (χ4v) is 1.26. The Hall–Kier alpha value is -0.160. The number of nitroso groups, excluding NO2 is 1. The summed E-state index contributed by atoms with van der Waals surface area (Å²) < 4.78 is 0.792. The van der Waals surface area contributed by atoms with Gasteiger partial charge in [0.2, 0.25) is 0 Å². The molecule has 0 saturated heterocycles. The molecule has 0 heterocycles. The lowest BCUT2D eigenvalue weighted by atomic mass is 10.4. The van der Waals surface area contributed by atoms with Crippen LogP contribution in [0.25, 0.3) is 0 Å². The molecule has 0 saturated carbocycles. The van der Waals surface area contributed by atoms with E-state index < -0.39 is 0 Å². The van der Waals surface area contributed by atoms with Gasteiger partial charge in [-0.1, -0.05) is 29.2 Å². The average Bonchev–Trinajstić information content (AvgIpc) is 1.99. The molecule has 0 aliphatic rings. The molecule has 1 unspecified atom stereocenters. The van der Waals surface area contributed by atoms with Gasteiger partial charge in [-0.2, -0.15) is 4.91 Å². The Morgan fingerprint density at radius 1 is 1.73 bits per heavy atom. The molecule has 0 radical (unpaired) electrons. The van der Waals surface area contributed by atoms with E-state index in [2.05, 4.69) is 5.18 Å². The fourth-order valence-electron chi connectivity index (χ4n) is 0.351. The van der Waals surface area contributed by atoms with Crippen LogP contribution in [0.4, 0.5) is 0 Å². The third kappa shape index (κ3) is 5.15. The van der Waals surface area contributed by atoms with Crippen LogP contribution in [-0.2, 0) is 0 Å². The van der Waals surface area contributed by atoms with Crippen LogP contribution in [0, 0.1) is 4.91 Å². The van der Waals surface area contributed by atoms with Gasteiger partial charge in [-0.15, -0.1) is 0 Å². The summed E-state index contributed by atoms with van der Waals surface area (Å²) in [5.41, 5.74) is 0. The minimum atomic E-state index is -0.155. The van der Waals surface area contributed by atoms with Crippen LogP contribution in [0.3, 0.4) is 0 Å². The Kier molecular flexibility index (Phi) is 5.41. The summed E-state index contributed by atoms with van der Waals surface area (Å²) >= 11 is 6.47. The highest BCUT2D eigenvalue weighted by molar-refractivity contribution is 8.22. The van der Waals surface area contributed by atoms with Crippen LogP contribution in [0.2, 0.25) is 0 Å². The van der Waals surface area contributed by atoms with Gasteiger partial charge in [-0.3, -0.25) is 0 Å². The topological polar surface area (TPSA) is 32.7 Å². The van der Waals surface area contributed by atoms with Crippen molar-refractivity contribution in [2.45, 2.75) is 13.0 Å². The predicted octanol–water partition coefficient (Wildman–Crippen LogP) is 1.72. The van der Waals surface area contributed by atoms with Crippen molar-refractivity contribution in [2.24, 2.45) is 5.18 Å². The van der Waals surface area contributed by atoms with Crippen molar-refractivity contribution in [1.29, 1.82) is 0 Å². The zero-order valence-electron chi connectivity index (χ0n) is 6.90. The molecule has 1 atom stereocenters. The van der Waals surface area contributed by atoms with E-state index in [0.717, 1.165) is 4.32 Å². The fraction of sp³-hybridized carbons (Fsp3) is 0.833. The molecule has 0 rings (SSSR count). The van der Waals surface area contributed by atoms with Crippen LogP contribution in [-0.4, -0.2) is 35.1 Å². The summed E-state index contributed by atoms with van der Waals surface area (Å²) in [6, 6.07) is -0.155. The second-order valence-electron chi connectivity index (χ2n) is 2.43. The molecule has 64 valence electrons. The van der Waals surface area contributed by atoms with Gasteiger partial charge in [-0.25, -0.2) is 0 Å². The average molecular weight is 192 g/mol. The zero-order chi connectivity index (χ0) is 8.85. The normalized spacial score (nSPS) is 12.3. The first-order valence-corrected chi connectivity index (χ1v) is 4.64. The first-order chi connectivity index (χ1) is 5.07. The zero-order valence-corrected chi connectivity index (χ0v) is 8.54. The van der Waals surface area contributed by atoms with Crippen molar-refractivity contribution < 1.29 is 0 Å². The molecule has 0 aliphatic heterocycles. The SMILES string of the molecule is CC(CSC(=S)N(C)C)N=O. The summed E-state index contributed by atoms with van der Waals surface area (Å²) in [6.07, 6.45) is 0. The Morgan fingerprint density at radius 3 is 2.64 bits per heavy atom. The molecular formula is C6H12N2OS2. The van der Waals surface area contributed by atoms with Crippen LogP contribution < -0.4 is 0 Å². The quantitative estimate of drug-likeness (QED) is 0.503. The molecule has 0 amide bonds. The third-order valence-corrected chi connectivity index (χ3v) is 2.97. The van der Waals surface area contributed by atoms with Crippen LogP contribution in [0.15, 0.2) is 5.18 Å². The maximum atomic E-state index is 9.97. The molecule has 0 aromatic rings. The van der Waals surface area contributed by atoms with E-state index in [1.165, 1.54) is 11.8 Å². The summed E-state index contributed by atoms with van der Waals surface area (Å²) in [6.45, 7) is 1.78. The smallest absolute Gasteiger partial charge is 0.135 e. The Labute approximate surface area is 76.5 Å². The van der Waals surface area contributed by atoms with Gasteiger partial charge in [0.25, 0.3) is 0 Å². The van der Waals surface area contributed by atoms with E-state index in [1.807, 2.05) is 19.0 Å². The summed E-state index contributed by atoms with van der Waals surface area (Å²) in [5, 5.41) is 2.87. The summed E-state index contributed by atoms with van der Waals surface area (Å²) in [7, 11) is 3.77. The van der Waals surface area contributed by atoms with Crippen molar-refractivity contribution in [3.63, 3.8) is 0 Å². The van der Waals surface area contributed by atoms with Crippen molar-refractivity contribution >= 4 is 28.3 Å². The highest BCUT2D eigenvalue weighted by atomic mass is 32.2. The standard InChI is InChI=1S/C6H12N2OS2/c1-5(7-9)4-11-6(10)8(2)3/h5H,4H2,1-3H3. The van der Waals surface area contributed by atoms with E-state index in [4.69, 9.17) is 12.2 Å². The van der Waals surface area contributed by atoms with Gasteiger partial charge in [0.05, 0.1) is 6.04 Å². The molecule has 0 aromatic heterocycles. The van der Waals surface area contributed by atoms with Crippen molar-refractivity contribution in [3.05, 3.63) is 4.91 Å². The summed E-state index contributed by atoms with van der Waals surface area (Å²) in [4.78, 5) is 11.8. The molecule has 0 N–H and O–H groups in total. The van der Waals surface area contributed by atoms with Gasteiger partial charge in [0.1, 0.15) is 4.32 Å². The van der Waals surface area contributed by atoms with E-state index in [1.54, 1.807) is 6.92 Å². The second kappa shape index (κ2) is 5.49. The van der Waals surface area contributed by atoms with Crippen molar-refractivity contribution in [2.75, 3.05) is 19.8 Å². The Morgan fingerprint density at radius 2 is 2.27 bits per heavy atom. The van der Waals surface area contributed by atoms with Crippen LogP contribution in [0.5, 0.6) is 0 Å². The lowest BCUT2D eigenvalue weighted by Gasteiger charge is -2.12. The number of thiocarbonyl (C=S) groups is 1. The number of thioether (sulfide) groups is 1. The molecule has 0 fully saturated rings. The molecular weight excluding hydrogens is 180 g/mol. The van der Waals surface area contributed by atoms with E-state index >= 15 is 0 Å². The van der Waals surface area contributed by atoms with Crippen LogP contribution in [0.1, 0.15) is 6.92 Å². The van der Waals surface area contributed by atoms with Crippen LogP contribution >= 0.6 is 24.0 Å². The van der Waals surface area contributed by atoms with Gasteiger partial charge in [-0.05, 0) is 6.92 Å². The second-order valence-corrected chi connectivity index (χ2v) is 4.08. The van der Waals surface area contributed by atoms with Gasteiger partial charge in [0, 0.05) is 19.8 Å². The maximum absolute atomic E-state index is 9.97. The van der Waals surface area contributed by atoms with Gasteiger partial charge in [0.15, 0.2) is 0 Å². The highest BCUT2D eigenvalue weighted by Crippen LogP contribution is 2.09. The number of nitrogens with zero attached hydrogens (tertiary/aromatic N) is 2. The number of rotatable bonds is 3. The monoisotopic (exact) mass is 192 g/mol. The maximum Gasteiger partial charge on any atom is 0.135 e. The van der Waals surface area contributed by atoms with Gasteiger partial charge < -0.3 is 4.90 Å². The lowest BCUT2D eigenvalue weighted by Crippen LogP contribution is -2.18. The molecule has 11 heavy (non-hydrogen) atoms. The first kappa shape index (κ1) is 10.8. The number of hydrogen-bond acceptors (Lipinski definition) is 4. The van der Waals surface area contributed by atoms with Crippen molar-refractivity contribution in [3.8, 4) is 0 Å². The van der Waals surface area contributed by atoms with Crippen molar-refractivity contribution in [1.82, 2.24) is 4.90 Å². The molecule has 0 bridgehead atoms. The first-order valence-electron chi connectivity index (χ1n) is 3.24. The van der Waals surface area contributed by atoms with Gasteiger partial charge >= 0.3 is 0 Å². The molecule has 0 aliphatic carbocycles. The van der Waals surface area contributed by atoms with E-state index in [9.17, 15) is 4.91 Å². The Balaban J connectivity index is 3.54. The predicted molar refractivity (Wildman–Crippen MR) is 54.0 cm³/mol. The highest BCUT2D eigenvalue weighted by Gasteiger charge is 2.04. The minimum Gasteiger partial charge on any atom is -0.364 e. The lowest BCUT2D eigenvalue weighted by molar-refractivity contribution is 0.647.